The number of nitrogens with zero attached hydrogens (tertiary/aromatic N) is 1. The first-order chi connectivity index (χ1) is 6.72. The number of hydrogen-bond acceptors (Lipinski definition) is 3. The summed E-state index contributed by atoms with van der Waals surface area (Å²) in [5.41, 5.74) is 0.803. The molecule has 0 aliphatic heterocycles. The molecular weight excluding hydrogens is 194 g/mol. The molecular formula is C11H13NOS. The van der Waals surface area contributed by atoms with Gasteiger partial charge in [-0.15, -0.1) is 0 Å². The molecule has 1 rings (SSSR count). The second kappa shape index (κ2) is 5.53. The molecule has 0 heterocycles. The van der Waals surface area contributed by atoms with Crippen LogP contribution in [0.5, 0.6) is 5.75 Å². The van der Waals surface area contributed by atoms with Crippen molar-refractivity contribution < 1.29 is 4.74 Å². The third-order valence-electron chi connectivity index (χ3n) is 1.59. The van der Waals surface area contributed by atoms with Crippen molar-refractivity contribution in [3.8, 4) is 5.75 Å². The van der Waals surface area contributed by atoms with Gasteiger partial charge in [0.15, 0.2) is 0 Å². The summed E-state index contributed by atoms with van der Waals surface area (Å²) in [6, 6.07) is 7.48. The lowest BCUT2D eigenvalue weighted by Crippen LogP contribution is -2.03. The second-order valence-electron chi connectivity index (χ2n) is 3.40. The molecule has 0 atom stereocenters. The van der Waals surface area contributed by atoms with Crippen molar-refractivity contribution in [1.29, 1.82) is 0 Å². The summed E-state index contributed by atoms with van der Waals surface area (Å²) in [6.45, 7) is 4.96. The largest absolute Gasteiger partial charge is 0.493 e. The molecule has 0 saturated heterocycles. The molecule has 0 aliphatic carbocycles. The average Bonchev–Trinajstić information content (AvgIpc) is 2.17. The lowest BCUT2D eigenvalue weighted by Gasteiger charge is -2.07. The van der Waals surface area contributed by atoms with Gasteiger partial charge in [-0.1, -0.05) is 13.8 Å². The molecule has 0 saturated carbocycles. The van der Waals surface area contributed by atoms with Crippen LogP contribution in [0.2, 0.25) is 0 Å². The summed E-state index contributed by atoms with van der Waals surface area (Å²) in [7, 11) is 0. The zero-order valence-electron chi connectivity index (χ0n) is 8.36. The van der Waals surface area contributed by atoms with Crippen LogP contribution in [0.4, 0.5) is 5.69 Å². The summed E-state index contributed by atoms with van der Waals surface area (Å²) >= 11 is 4.50. The second-order valence-corrected chi connectivity index (χ2v) is 3.58. The van der Waals surface area contributed by atoms with Gasteiger partial charge in [-0.25, -0.2) is 0 Å². The fourth-order valence-electron chi connectivity index (χ4n) is 0.932. The number of benzene rings is 1. The Kier molecular flexibility index (Phi) is 4.30. The molecule has 0 radical (unpaired) electrons. The number of isothiocyanates is 1. The zero-order chi connectivity index (χ0) is 10.4. The van der Waals surface area contributed by atoms with Crippen LogP contribution in [0.3, 0.4) is 0 Å². The van der Waals surface area contributed by atoms with Gasteiger partial charge in [-0.3, -0.25) is 0 Å². The van der Waals surface area contributed by atoms with Crippen LogP contribution in [0, 0.1) is 5.92 Å². The van der Waals surface area contributed by atoms with E-state index in [2.05, 4.69) is 36.2 Å². The number of hydrogen-bond donors (Lipinski definition) is 0. The lowest BCUT2D eigenvalue weighted by molar-refractivity contribution is 0.271. The maximum absolute atomic E-state index is 5.51. The quantitative estimate of drug-likeness (QED) is 0.557. The molecule has 2 nitrogen and oxygen atoms in total. The third-order valence-corrected chi connectivity index (χ3v) is 1.69. The molecule has 1 aromatic rings. The number of ether oxygens (including phenoxy) is 1. The van der Waals surface area contributed by atoms with Crippen LogP contribution in [0.25, 0.3) is 0 Å². The van der Waals surface area contributed by atoms with Crippen molar-refractivity contribution >= 4 is 23.1 Å². The van der Waals surface area contributed by atoms with Gasteiger partial charge in [-0.2, -0.15) is 4.99 Å². The number of rotatable bonds is 4. The van der Waals surface area contributed by atoms with E-state index >= 15 is 0 Å². The molecule has 3 heteroatoms. The Labute approximate surface area is 89.6 Å². The van der Waals surface area contributed by atoms with Crippen LogP contribution in [-0.2, 0) is 0 Å². The minimum Gasteiger partial charge on any atom is -0.493 e. The fraction of sp³-hybridized carbons (Fsp3) is 0.364. The Morgan fingerprint density at radius 3 is 2.50 bits per heavy atom. The van der Waals surface area contributed by atoms with E-state index in [0.717, 1.165) is 18.0 Å². The zero-order valence-corrected chi connectivity index (χ0v) is 9.17. The Hall–Kier alpha value is -1.18. The molecule has 0 amide bonds. The Morgan fingerprint density at radius 2 is 2.00 bits per heavy atom. The standard InChI is InChI=1S/C11H13NOS/c1-9(2)7-13-11-5-3-10(4-6-11)12-8-14/h3-6,9H,7H2,1-2H3. The summed E-state index contributed by atoms with van der Waals surface area (Å²) in [5, 5.41) is 2.32. The maximum Gasteiger partial charge on any atom is 0.119 e. The van der Waals surface area contributed by atoms with Crippen LogP contribution >= 0.6 is 12.2 Å². The molecule has 14 heavy (non-hydrogen) atoms. The lowest BCUT2D eigenvalue weighted by atomic mass is 10.2. The van der Waals surface area contributed by atoms with Crippen molar-refractivity contribution in [2.45, 2.75) is 13.8 Å². The molecule has 0 spiro atoms. The number of thiocarbonyl (C=S) groups is 1. The predicted molar refractivity (Wildman–Crippen MR) is 61.5 cm³/mol. The molecule has 1 aromatic carbocycles. The average molecular weight is 207 g/mol. The van der Waals surface area contributed by atoms with Gasteiger partial charge in [0, 0.05) is 0 Å². The smallest absolute Gasteiger partial charge is 0.119 e. The van der Waals surface area contributed by atoms with Crippen LogP contribution in [-0.4, -0.2) is 11.8 Å². The van der Waals surface area contributed by atoms with Gasteiger partial charge < -0.3 is 4.74 Å². The van der Waals surface area contributed by atoms with Crippen LogP contribution in [0.1, 0.15) is 13.8 Å². The first-order valence-electron chi connectivity index (χ1n) is 4.53. The van der Waals surface area contributed by atoms with Gasteiger partial charge >= 0.3 is 0 Å². The summed E-state index contributed by atoms with van der Waals surface area (Å²) in [5.74, 6) is 1.40. The minimum absolute atomic E-state index is 0.536. The van der Waals surface area contributed by atoms with E-state index in [0.29, 0.717) is 5.92 Å². The van der Waals surface area contributed by atoms with Gasteiger partial charge in [0.1, 0.15) is 5.75 Å². The van der Waals surface area contributed by atoms with Crippen molar-refractivity contribution in [3.63, 3.8) is 0 Å². The fourth-order valence-corrected chi connectivity index (χ4v) is 1.04. The van der Waals surface area contributed by atoms with Crippen molar-refractivity contribution in [2.75, 3.05) is 6.61 Å². The molecule has 0 aromatic heterocycles. The van der Waals surface area contributed by atoms with Gasteiger partial charge in [-0.05, 0) is 42.4 Å². The Morgan fingerprint density at radius 1 is 1.36 bits per heavy atom. The highest BCUT2D eigenvalue weighted by molar-refractivity contribution is 7.78. The minimum atomic E-state index is 0.536. The van der Waals surface area contributed by atoms with E-state index < -0.39 is 0 Å². The Bertz CT molecular complexity index is 326. The van der Waals surface area contributed by atoms with E-state index in [1.54, 1.807) is 0 Å². The van der Waals surface area contributed by atoms with Crippen molar-refractivity contribution in [3.05, 3.63) is 24.3 Å². The van der Waals surface area contributed by atoms with Crippen LogP contribution < -0.4 is 4.74 Å². The predicted octanol–water partition coefficient (Wildman–Crippen LogP) is 3.46. The highest BCUT2D eigenvalue weighted by Gasteiger charge is 1.96. The summed E-state index contributed by atoms with van der Waals surface area (Å²) in [6.07, 6.45) is 0. The molecule has 74 valence electrons. The van der Waals surface area contributed by atoms with Gasteiger partial charge in [0.2, 0.25) is 0 Å². The van der Waals surface area contributed by atoms with Gasteiger partial charge in [0.25, 0.3) is 0 Å². The normalized spacial score (nSPS) is 9.64. The highest BCUT2D eigenvalue weighted by Crippen LogP contribution is 2.17. The SMILES string of the molecule is CC(C)COc1ccc(N=C=S)cc1. The molecule has 0 aliphatic rings. The molecule has 0 fully saturated rings. The summed E-state index contributed by atoms with van der Waals surface area (Å²) < 4.78 is 5.51. The Balaban J connectivity index is 2.59. The van der Waals surface area contributed by atoms with Gasteiger partial charge in [0.05, 0.1) is 17.5 Å². The monoisotopic (exact) mass is 207 g/mol. The van der Waals surface area contributed by atoms with E-state index in [4.69, 9.17) is 4.74 Å². The van der Waals surface area contributed by atoms with E-state index in [9.17, 15) is 0 Å². The first-order valence-corrected chi connectivity index (χ1v) is 4.94. The molecule has 0 N–H and O–H groups in total. The molecule has 0 unspecified atom stereocenters. The van der Waals surface area contributed by atoms with Crippen molar-refractivity contribution in [1.82, 2.24) is 0 Å². The number of aliphatic imine (C=N–C) groups is 1. The van der Waals surface area contributed by atoms with E-state index in [1.807, 2.05) is 24.3 Å². The van der Waals surface area contributed by atoms with E-state index in [-0.39, 0.29) is 0 Å². The van der Waals surface area contributed by atoms with Crippen LogP contribution in [0.15, 0.2) is 29.3 Å². The topological polar surface area (TPSA) is 21.6 Å². The summed E-state index contributed by atoms with van der Waals surface area (Å²) in [4.78, 5) is 3.85. The molecule has 0 bridgehead atoms. The van der Waals surface area contributed by atoms with E-state index in [1.165, 1.54) is 0 Å². The first kappa shape index (κ1) is 10.9. The van der Waals surface area contributed by atoms with Crippen molar-refractivity contribution in [2.24, 2.45) is 10.9 Å². The third kappa shape index (κ3) is 3.69. The highest BCUT2D eigenvalue weighted by atomic mass is 32.1. The maximum atomic E-state index is 5.51.